The van der Waals surface area contributed by atoms with Gasteiger partial charge < -0.3 is 15.2 Å². The number of nitrogens with zero attached hydrogens (tertiary/aromatic N) is 2. The van der Waals surface area contributed by atoms with Gasteiger partial charge in [0.05, 0.1) is 6.61 Å². The lowest BCUT2D eigenvalue weighted by molar-refractivity contribution is 0.299. The summed E-state index contributed by atoms with van der Waals surface area (Å²) in [5, 5.41) is 0. The molecular weight excluding hydrogens is 230 g/mol. The number of anilines is 1. The minimum Gasteiger partial charge on any atom is -0.490 e. The van der Waals surface area contributed by atoms with Gasteiger partial charge in [0.15, 0.2) is 11.5 Å². The van der Waals surface area contributed by atoms with Crippen molar-refractivity contribution in [1.82, 2.24) is 9.97 Å². The zero-order valence-electron chi connectivity index (χ0n) is 10.2. The SMILES string of the molecule is CCCOc1ccccc1Oc1nccc(N)n1. The highest BCUT2D eigenvalue weighted by molar-refractivity contribution is 5.41. The summed E-state index contributed by atoms with van der Waals surface area (Å²) in [5.41, 5.74) is 5.57. The largest absolute Gasteiger partial charge is 0.490 e. The third kappa shape index (κ3) is 3.10. The van der Waals surface area contributed by atoms with E-state index in [9.17, 15) is 0 Å². The van der Waals surface area contributed by atoms with Crippen molar-refractivity contribution in [2.45, 2.75) is 13.3 Å². The zero-order chi connectivity index (χ0) is 12.8. The number of benzene rings is 1. The second-order valence-corrected chi connectivity index (χ2v) is 3.66. The molecule has 2 rings (SSSR count). The lowest BCUT2D eigenvalue weighted by Crippen LogP contribution is -1.99. The second-order valence-electron chi connectivity index (χ2n) is 3.66. The van der Waals surface area contributed by atoms with Gasteiger partial charge in [0.2, 0.25) is 0 Å². The van der Waals surface area contributed by atoms with Crippen LogP contribution in [0.2, 0.25) is 0 Å². The molecule has 0 saturated heterocycles. The molecule has 0 fully saturated rings. The Morgan fingerprint density at radius 1 is 1.17 bits per heavy atom. The van der Waals surface area contributed by atoms with Crippen LogP contribution in [0.3, 0.4) is 0 Å². The van der Waals surface area contributed by atoms with E-state index in [4.69, 9.17) is 15.2 Å². The fraction of sp³-hybridized carbons (Fsp3) is 0.231. The van der Waals surface area contributed by atoms with Crippen LogP contribution in [0.25, 0.3) is 0 Å². The first-order chi connectivity index (χ1) is 8.79. The Balaban J connectivity index is 2.17. The van der Waals surface area contributed by atoms with Crippen LogP contribution in [-0.2, 0) is 0 Å². The van der Waals surface area contributed by atoms with Crippen LogP contribution >= 0.6 is 0 Å². The molecule has 0 atom stereocenters. The van der Waals surface area contributed by atoms with Gasteiger partial charge in [0, 0.05) is 6.20 Å². The van der Waals surface area contributed by atoms with Crippen LogP contribution in [0.15, 0.2) is 36.5 Å². The molecule has 0 aliphatic rings. The van der Waals surface area contributed by atoms with Crippen LogP contribution in [0, 0.1) is 0 Å². The summed E-state index contributed by atoms with van der Waals surface area (Å²) >= 11 is 0. The summed E-state index contributed by atoms with van der Waals surface area (Å²) in [5.74, 6) is 1.62. The summed E-state index contributed by atoms with van der Waals surface area (Å²) in [6, 6.07) is 9.21. The van der Waals surface area contributed by atoms with Gasteiger partial charge in [-0.25, -0.2) is 4.98 Å². The van der Waals surface area contributed by atoms with Gasteiger partial charge in [-0.15, -0.1) is 0 Å². The second kappa shape index (κ2) is 5.86. The molecule has 5 heteroatoms. The zero-order valence-corrected chi connectivity index (χ0v) is 10.2. The molecule has 1 heterocycles. The van der Waals surface area contributed by atoms with Crippen LogP contribution in [0.5, 0.6) is 17.5 Å². The van der Waals surface area contributed by atoms with Crippen molar-refractivity contribution in [3.05, 3.63) is 36.5 Å². The van der Waals surface area contributed by atoms with E-state index >= 15 is 0 Å². The first-order valence-corrected chi connectivity index (χ1v) is 5.78. The Labute approximate surface area is 106 Å². The van der Waals surface area contributed by atoms with Gasteiger partial charge in [-0.05, 0) is 24.6 Å². The number of aromatic nitrogens is 2. The quantitative estimate of drug-likeness (QED) is 0.876. The monoisotopic (exact) mass is 245 g/mol. The molecule has 2 N–H and O–H groups in total. The van der Waals surface area contributed by atoms with Crippen LogP contribution in [0.1, 0.15) is 13.3 Å². The molecule has 5 nitrogen and oxygen atoms in total. The third-order valence-electron chi connectivity index (χ3n) is 2.17. The summed E-state index contributed by atoms with van der Waals surface area (Å²) in [6.45, 7) is 2.68. The van der Waals surface area contributed by atoms with Crippen molar-refractivity contribution in [1.29, 1.82) is 0 Å². The molecule has 1 aromatic heterocycles. The predicted molar refractivity (Wildman–Crippen MR) is 68.7 cm³/mol. The number of hydrogen-bond acceptors (Lipinski definition) is 5. The summed E-state index contributed by atoms with van der Waals surface area (Å²) < 4.78 is 11.1. The Morgan fingerprint density at radius 3 is 2.67 bits per heavy atom. The molecule has 0 bridgehead atoms. The molecule has 0 amide bonds. The number of ether oxygens (including phenoxy) is 2. The molecule has 0 radical (unpaired) electrons. The maximum absolute atomic E-state index is 5.58. The van der Waals surface area contributed by atoms with Crippen LogP contribution < -0.4 is 15.2 Å². The number of rotatable bonds is 5. The molecule has 0 saturated carbocycles. The van der Waals surface area contributed by atoms with Crippen molar-refractivity contribution in [3.8, 4) is 17.5 Å². The van der Waals surface area contributed by atoms with E-state index in [1.54, 1.807) is 18.3 Å². The Morgan fingerprint density at radius 2 is 1.94 bits per heavy atom. The fourth-order valence-corrected chi connectivity index (χ4v) is 1.37. The molecule has 2 aromatic rings. The highest BCUT2D eigenvalue weighted by atomic mass is 16.5. The topological polar surface area (TPSA) is 70.3 Å². The smallest absolute Gasteiger partial charge is 0.324 e. The van der Waals surface area contributed by atoms with E-state index in [-0.39, 0.29) is 6.01 Å². The molecule has 0 spiro atoms. The standard InChI is InChI=1S/C13H15N3O2/c1-2-9-17-10-5-3-4-6-11(10)18-13-15-8-7-12(14)16-13/h3-8H,2,9H2,1H3,(H2,14,15,16). The van der Waals surface area contributed by atoms with Gasteiger partial charge in [-0.3, -0.25) is 0 Å². The van der Waals surface area contributed by atoms with Crippen molar-refractivity contribution in [2.75, 3.05) is 12.3 Å². The van der Waals surface area contributed by atoms with Crippen molar-refractivity contribution in [3.63, 3.8) is 0 Å². The third-order valence-corrected chi connectivity index (χ3v) is 2.17. The minimum atomic E-state index is 0.211. The number of nitrogens with two attached hydrogens (primary N) is 1. The Kier molecular flexibility index (Phi) is 3.96. The highest BCUT2D eigenvalue weighted by Gasteiger charge is 2.07. The van der Waals surface area contributed by atoms with Crippen LogP contribution in [0.4, 0.5) is 5.82 Å². The number of para-hydroxylation sites is 2. The van der Waals surface area contributed by atoms with E-state index in [1.807, 2.05) is 25.1 Å². The predicted octanol–water partition coefficient (Wildman–Crippen LogP) is 2.64. The molecule has 0 aliphatic heterocycles. The van der Waals surface area contributed by atoms with E-state index in [2.05, 4.69) is 9.97 Å². The molecular formula is C13H15N3O2. The summed E-state index contributed by atoms with van der Waals surface area (Å²) in [4.78, 5) is 7.97. The van der Waals surface area contributed by atoms with E-state index in [0.717, 1.165) is 6.42 Å². The Bertz CT molecular complexity index is 517. The van der Waals surface area contributed by atoms with Crippen molar-refractivity contribution >= 4 is 5.82 Å². The Hall–Kier alpha value is -2.30. The maximum atomic E-state index is 5.58. The van der Waals surface area contributed by atoms with Gasteiger partial charge in [-0.2, -0.15) is 4.98 Å². The van der Waals surface area contributed by atoms with E-state index in [1.165, 1.54) is 0 Å². The highest BCUT2D eigenvalue weighted by Crippen LogP contribution is 2.29. The van der Waals surface area contributed by atoms with Crippen molar-refractivity contribution < 1.29 is 9.47 Å². The summed E-state index contributed by atoms with van der Waals surface area (Å²) in [6.07, 6.45) is 2.48. The maximum Gasteiger partial charge on any atom is 0.324 e. The lowest BCUT2D eigenvalue weighted by Gasteiger charge is -2.10. The van der Waals surface area contributed by atoms with E-state index in [0.29, 0.717) is 23.9 Å². The minimum absolute atomic E-state index is 0.211. The first kappa shape index (κ1) is 12.2. The average molecular weight is 245 g/mol. The fourth-order valence-electron chi connectivity index (χ4n) is 1.37. The summed E-state index contributed by atoms with van der Waals surface area (Å²) in [7, 11) is 0. The number of hydrogen-bond donors (Lipinski definition) is 1. The molecule has 18 heavy (non-hydrogen) atoms. The molecule has 0 aliphatic carbocycles. The molecule has 94 valence electrons. The normalized spacial score (nSPS) is 10.1. The van der Waals surface area contributed by atoms with Gasteiger partial charge in [0.25, 0.3) is 0 Å². The van der Waals surface area contributed by atoms with Crippen molar-refractivity contribution in [2.24, 2.45) is 0 Å². The van der Waals surface area contributed by atoms with Gasteiger partial charge in [0.1, 0.15) is 5.82 Å². The molecule has 0 unspecified atom stereocenters. The van der Waals surface area contributed by atoms with Crippen LogP contribution in [-0.4, -0.2) is 16.6 Å². The number of nitrogen functional groups attached to an aromatic ring is 1. The lowest BCUT2D eigenvalue weighted by atomic mass is 10.3. The first-order valence-electron chi connectivity index (χ1n) is 5.78. The van der Waals surface area contributed by atoms with Gasteiger partial charge >= 0.3 is 6.01 Å². The molecule has 1 aromatic carbocycles. The van der Waals surface area contributed by atoms with E-state index < -0.39 is 0 Å². The van der Waals surface area contributed by atoms with Gasteiger partial charge in [-0.1, -0.05) is 19.1 Å². The average Bonchev–Trinajstić information content (AvgIpc) is 2.38.